The zero-order chi connectivity index (χ0) is 18.1. The Labute approximate surface area is 148 Å². The lowest BCUT2D eigenvalue weighted by molar-refractivity contribution is -0.127. The fraction of sp³-hybridized carbons (Fsp3) is 0.706. The topological polar surface area (TPSA) is 99.9 Å². The summed E-state index contributed by atoms with van der Waals surface area (Å²) in [5, 5.41) is 20.9. The lowest BCUT2D eigenvalue weighted by atomic mass is 10.2. The summed E-state index contributed by atoms with van der Waals surface area (Å²) in [5.41, 5.74) is 0.104. The van der Waals surface area contributed by atoms with Crippen molar-refractivity contribution in [2.75, 3.05) is 59.0 Å². The second-order valence-electron chi connectivity index (χ2n) is 6.35. The van der Waals surface area contributed by atoms with E-state index in [1.165, 1.54) is 0 Å². The molecule has 0 bridgehead atoms. The zero-order valence-corrected chi connectivity index (χ0v) is 14.6. The Morgan fingerprint density at radius 1 is 1.24 bits per heavy atom. The van der Waals surface area contributed by atoms with E-state index in [1.54, 1.807) is 6.20 Å². The molecule has 0 unspecified atom stereocenters. The van der Waals surface area contributed by atoms with Gasteiger partial charge in [0.25, 0.3) is 5.91 Å². The molecule has 8 heteroatoms. The summed E-state index contributed by atoms with van der Waals surface area (Å²) in [4.78, 5) is 29.6. The normalized spacial score (nSPS) is 19.2. The number of hydrogen-bond donors (Lipinski definition) is 2. The number of rotatable bonds is 8. The fourth-order valence-electron chi connectivity index (χ4n) is 3.09. The molecule has 2 rings (SSSR count). The van der Waals surface area contributed by atoms with Crippen molar-refractivity contribution in [2.24, 2.45) is 0 Å². The second kappa shape index (κ2) is 10.0. The van der Waals surface area contributed by atoms with Crippen LogP contribution in [0.3, 0.4) is 0 Å². The van der Waals surface area contributed by atoms with Crippen LogP contribution >= 0.6 is 0 Å². The molecular formula is C17H27N5O3. The molecule has 2 fully saturated rings. The largest absolute Gasteiger partial charge is 0.395 e. The first kappa shape index (κ1) is 19.2. The predicted octanol–water partition coefficient (Wildman–Crippen LogP) is -0.868. The fourth-order valence-corrected chi connectivity index (χ4v) is 3.09. The van der Waals surface area contributed by atoms with Gasteiger partial charge >= 0.3 is 0 Å². The second-order valence-corrected chi connectivity index (χ2v) is 6.35. The molecule has 0 spiro atoms. The van der Waals surface area contributed by atoms with Gasteiger partial charge in [0.2, 0.25) is 5.91 Å². The van der Waals surface area contributed by atoms with Crippen molar-refractivity contribution in [1.29, 1.82) is 5.26 Å². The summed E-state index contributed by atoms with van der Waals surface area (Å²) in [6.07, 6.45) is 3.85. The number of carbonyl (C=O) groups excluding carboxylic acids is 2. The minimum atomic E-state index is -0.368. The number of piperazine rings is 1. The van der Waals surface area contributed by atoms with Gasteiger partial charge in [0.05, 0.1) is 6.61 Å². The SMILES string of the molecule is N#C/C(=C/N1CCN(CCO)CC1)C(=O)NCCCN1CCCC1=O. The number of nitrogens with one attached hydrogen (secondary N) is 1. The van der Waals surface area contributed by atoms with Gasteiger partial charge in [-0.2, -0.15) is 5.26 Å². The van der Waals surface area contributed by atoms with Gasteiger partial charge in [0.1, 0.15) is 11.6 Å². The van der Waals surface area contributed by atoms with Gasteiger partial charge in [-0.05, 0) is 12.8 Å². The van der Waals surface area contributed by atoms with Crippen molar-refractivity contribution < 1.29 is 14.7 Å². The molecule has 2 amide bonds. The molecule has 0 aromatic carbocycles. The van der Waals surface area contributed by atoms with Crippen LogP contribution in [-0.2, 0) is 9.59 Å². The first-order chi connectivity index (χ1) is 12.1. The molecule has 2 heterocycles. The standard InChI is InChI=1S/C17H27N5O3/c18-13-15(14-21-9-7-20(8-10-21)11-12-23)17(25)19-4-2-6-22-5-1-3-16(22)24/h14,23H,1-12H2,(H,19,25)/b15-14-. The van der Waals surface area contributed by atoms with Gasteiger partial charge in [0.15, 0.2) is 0 Å². The Bertz CT molecular complexity index is 535. The molecular weight excluding hydrogens is 322 g/mol. The molecule has 25 heavy (non-hydrogen) atoms. The highest BCUT2D eigenvalue weighted by Crippen LogP contribution is 2.09. The van der Waals surface area contributed by atoms with E-state index in [9.17, 15) is 14.9 Å². The van der Waals surface area contributed by atoms with E-state index >= 15 is 0 Å². The molecule has 0 aromatic heterocycles. The van der Waals surface area contributed by atoms with Crippen LogP contribution in [0.1, 0.15) is 19.3 Å². The summed E-state index contributed by atoms with van der Waals surface area (Å²) >= 11 is 0. The van der Waals surface area contributed by atoms with Gasteiger partial charge in [0, 0.05) is 65.0 Å². The van der Waals surface area contributed by atoms with Crippen LogP contribution in [0.4, 0.5) is 0 Å². The first-order valence-electron chi connectivity index (χ1n) is 8.89. The predicted molar refractivity (Wildman–Crippen MR) is 92.2 cm³/mol. The molecule has 138 valence electrons. The molecule has 0 radical (unpaired) electrons. The number of hydrogen-bond acceptors (Lipinski definition) is 6. The van der Waals surface area contributed by atoms with E-state index in [0.29, 0.717) is 32.5 Å². The van der Waals surface area contributed by atoms with Gasteiger partial charge in [-0.25, -0.2) is 0 Å². The number of likely N-dealkylation sites (tertiary alicyclic amines) is 1. The van der Waals surface area contributed by atoms with Gasteiger partial charge < -0.3 is 20.2 Å². The van der Waals surface area contributed by atoms with E-state index in [-0.39, 0.29) is 24.0 Å². The minimum Gasteiger partial charge on any atom is -0.395 e. The first-order valence-corrected chi connectivity index (χ1v) is 8.89. The number of nitrogens with zero attached hydrogens (tertiary/aromatic N) is 4. The number of amides is 2. The summed E-state index contributed by atoms with van der Waals surface area (Å²) in [6.45, 7) is 5.78. The quantitative estimate of drug-likeness (QED) is 0.336. The molecule has 2 saturated heterocycles. The average Bonchev–Trinajstić information content (AvgIpc) is 3.03. The van der Waals surface area contributed by atoms with E-state index in [2.05, 4.69) is 10.2 Å². The Balaban J connectivity index is 1.71. The van der Waals surface area contributed by atoms with Crippen molar-refractivity contribution in [3.8, 4) is 6.07 Å². The summed E-state index contributed by atoms with van der Waals surface area (Å²) in [7, 11) is 0. The minimum absolute atomic E-state index is 0.104. The smallest absolute Gasteiger partial charge is 0.263 e. The Kier molecular flexibility index (Phi) is 7.70. The molecule has 2 aliphatic rings. The van der Waals surface area contributed by atoms with Crippen molar-refractivity contribution >= 4 is 11.8 Å². The molecule has 0 atom stereocenters. The van der Waals surface area contributed by atoms with Crippen LogP contribution in [-0.4, -0.2) is 90.6 Å². The Morgan fingerprint density at radius 3 is 2.60 bits per heavy atom. The molecule has 0 aliphatic carbocycles. The highest BCUT2D eigenvalue weighted by molar-refractivity contribution is 5.97. The van der Waals surface area contributed by atoms with Gasteiger partial charge in [-0.1, -0.05) is 0 Å². The molecule has 2 N–H and O–H groups in total. The molecule has 8 nitrogen and oxygen atoms in total. The van der Waals surface area contributed by atoms with Crippen LogP contribution in [0.2, 0.25) is 0 Å². The molecule has 0 aromatic rings. The number of aliphatic hydroxyl groups is 1. The van der Waals surface area contributed by atoms with Crippen molar-refractivity contribution in [2.45, 2.75) is 19.3 Å². The number of nitriles is 1. The molecule has 0 saturated carbocycles. The van der Waals surface area contributed by atoms with E-state index in [1.807, 2.05) is 15.9 Å². The Hall–Kier alpha value is -2.11. The highest BCUT2D eigenvalue weighted by Gasteiger charge is 2.19. The zero-order valence-electron chi connectivity index (χ0n) is 14.6. The number of aliphatic hydroxyl groups excluding tert-OH is 1. The lowest BCUT2D eigenvalue weighted by Crippen LogP contribution is -2.45. The Morgan fingerprint density at radius 2 is 2.00 bits per heavy atom. The van der Waals surface area contributed by atoms with Crippen molar-refractivity contribution in [3.05, 3.63) is 11.8 Å². The lowest BCUT2D eigenvalue weighted by Gasteiger charge is -2.33. The number of β-amino-alcohol motifs (C(OH)–C–C–N with tert-alkyl or cyclic N) is 1. The third-order valence-electron chi connectivity index (χ3n) is 4.56. The van der Waals surface area contributed by atoms with Crippen LogP contribution in [0.5, 0.6) is 0 Å². The van der Waals surface area contributed by atoms with Crippen molar-refractivity contribution in [3.63, 3.8) is 0 Å². The van der Waals surface area contributed by atoms with Crippen LogP contribution < -0.4 is 5.32 Å². The van der Waals surface area contributed by atoms with E-state index in [0.717, 1.165) is 39.1 Å². The average molecular weight is 349 g/mol. The van der Waals surface area contributed by atoms with E-state index < -0.39 is 0 Å². The maximum absolute atomic E-state index is 12.1. The van der Waals surface area contributed by atoms with Crippen molar-refractivity contribution in [1.82, 2.24) is 20.0 Å². The summed E-state index contributed by atoms with van der Waals surface area (Å²) < 4.78 is 0. The van der Waals surface area contributed by atoms with Crippen LogP contribution in [0.15, 0.2) is 11.8 Å². The van der Waals surface area contributed by atoms with Gasteiger partial charge in [-0.15, -0.1) is 0 Å². The third kappa shape index (κ3) is 6.03. The summed E-state index contributed by atoms with van der Waals surface area (Å²) in [5.74, 6) is -0.183. The van der Waals surface area contributed by atoms with Crippen LogP contribution in [0, 0.1) is 11.3 Å². The third-order valence-corrected chi connectivity index (χ3v) is 4.56. The maximum Gasteiger partial charge on any atom is 0.263 e. The maximum atomic E-state index is 12.1. The van der Waals surface area contributed by atoms with E-state index in [4.69, 9.17) is 5.11 Å². The van der Waals surface area contributed by atoms with Crippen LogP contribution in [0.25, 0.3) is 0 Å². The highest BCUT2D eigenvalue weighted by atomic mass is 16.3. The monoisotopic (exact) mass is 349 g/mol. The summed E-state index contributed by atoms with van der Waals surface area (Å²) in [6, 6.07) is 1.96. The number of carbonyl (C=O) groups is 2. The molecule has 2 aliphatic heterocycles. The van der Waals surface area contributed by atoms with Gasteiger partial charge in [-0.3, -0.25) is 14.5 Å².